The molecule has 1 aliphatic rings. The first-order valence-electron chi connectivity index (χ1n) is 13.7. The third kappa shape index (κ3) is 8.37. The van der Waals surface area contributed by atoms with Crippen LogP contribution in [0.2, 0.25) is 0 Å². The monoisotopic (exact) mass is 623 g/mol. The van der Waals surface area contributed by atoms with Crippen LogP contribution in [0, 0.1) is 12.8 Å². The quantitative estimate of drug-likeness (QED) is 0.333. The van der Waals surface area contributed by atoms with Crippen molar-refractivity contribution < 1.29 is 40.1 Å². The van der Waals surface area contributed by atoms with Gasteiger partial charge in [-0.25, -0.2) is 8.93 Å². The number of hydrogen-bond acceptors (Lipinski definition) is 3. The number of carbonyl (C=O) groups excluding carboxylic acids is 1. The first kappa shape index (κ1) is 34.1. The molecule has 0 spiro atoms. The summed E-state index contributed by atoms with van der Waals surface area (Å²) in [6.07, 6.45) is -10.0. The van der Waals surface area contributed by atoms with Crippen molar-refractivity contribution in [2.24, 2.45) is 5.92 Å². The molecule has 1 aromatic carbocycles. The Labute approximate surface area is 245 Å². The van der Waals surface area contributed by atoms with E-state index in [9.17, 15) is 35.3 Å². The third-order valence-electron chi connectivity index (χ3n) is 7.01. The zero-order valence-electron chi connectivity index (χ0n) is 24.8. The van der Waals surface area contributed by atoms with Crippen molar-refractivity contribution in [3.8, 4) is 11.3 Å². The molecule has 1 saturated heterocycles. The van der Waals surface area contributed by atoms with E-state index < -0.39 is 52.7 Å². The Kier molecular flexibility index (Phi) is 10.0. The van der Waals surface area contributed by atoms with Gasteiger partial charge in [0.2, 0.25) is 0 Å². The summed E-state index contributed by atoms with van der Waals surface area (Å²) in [6, 6.07) is 5.80. The molecule has 236 valence electrons. The van der Waals surface area contributed by atoms with Crippen LogP contribution < -0.4 is 10.0 Å². The molecular formula is C29H39F6N3O3S. The Balaban J connectivity index is 2.19. The van der Waals surface area contributed by atoms with Crippen LogP contribution in [0.1, 0.15) is 76.0 Å². The van der Waals surface area contributed by atoms with Crippen LogP contribution in [0.25, 0.3) is 11.3 Å². The summed E-state index contributed by atoms with van der Waals surface area (Å²) in [5, 5.41) is 2.84. The average molecular weight is 624 g/mol. The lowest BCUT2D eigenvalue weighted by Crippen LogP contribution is -2.40. The molecule has 0 saturated carbocycles. The van der Waals surface area contributed by atoms with Crippen molar-refractivity contribution in [2.45, 2.75) is 102 Å². The van der Waals surface area contributed by atoms with Gasteiger partial charge in [0.1, 0.15) is 11.0 Å². The van der Waals surface area contributed by atoms with E-state index in [1.807, 2.05) is 41.5 Å². The van der Waals surface area contributed by atoms with Crippen molar-refractivity contribution in [2.75, 3.05) is 13.2 Å². The van der Waals surface area contributed by atoms with E-state index in [-0.39, 0.29) is 23.0 Å². The molecule has 1 fully saturated rings. The highest BCUT2D eigenvalue weighted by atomic mass is 32.2. The molecule has 3 rings (SSSR count). The number of halogens is 6. The van der Waals surface area contributed by atoms with E-state index in [0.29, 0.717) is 42.1 Å². The molecule has 6 nitrogen and oxygen atoms in total. The smallest absolute Gasteiger partial charge is 0.381 e. The lowest BCUT2D eigenvalue weighted by Gasteiger charge is -2.27. The van der Waals surface area contributed by atoms with E-state index in [4.69, 9.17) is 4.74 Å². The lowest BCUT2D eigenvalue weighted by molar-refractivity contribution is -0.287. The predicted octanol–water partition coefficient (Wildman–Crippen LogP) is 6.82. The standard InChI is InChI=1S/C29H39F6N3O3S/c1-17-20(25(39)36-19-10-12-41-13-11-19)15-22(38(17)16-24(28(30,31)32)29(33,34)35)18-8-9-23(21(14-18)26(2,3)4)42(40)37-27(5,6)7/h8-9,14-15,19,24,37H,10-13,16H2,1-7H3,(H,36,39). The second kappa shape index (κ2) is 12.3. The summed E-state index contributed by atoms with van der Waals surface area (Å²) in [5.74, 6) is -4.23. The van der Waals surface area contributed by atoms with Gasteiger partial charge < -0.3 is 14.6 Å². The SMILES string of the molecule is Cc1c(C(=O)NC2CCOCC2)cc(-c2ccc(S(=O)NC(C)(C)C)c(C(C)(C)C)c2)n1CC(C(F)(F)F)C(F)(F)F. The fourth-order valence-electron chi connectivity index (χ4n) is 4.80. The van der Waals surface area contributed by atoms with E-state index in [0.717, 1.165) is 4.57 Å². The number of carbonyl (C=O) groups is 1. The largest absolute Gasteiger partial charge is 0.402 e. The second-order valence-corrected chi connectivity index (χ2v) is 13.9. The molecular weight excluding hydrogens is 584 g/mol. The summed E-state index contributed by atoms with van der Waals surface area (Å²) in [4.78, 5) is 13.7. The second-order valence-electron chi connectivity index (χ2n) is 12.7. The summed E-state index contributed by atoms with van der Waals surface area (Å²) < 4.78 is 104. The Morgan fingerprint density at radius 2 is 1.57 bits per heavy atom. The van der Waals surface area contributed by atoms with Gasteiger partial charge in [0, 0.05) is 42.7 Å². The van der Waals surface area contributed by atoms with E-state index in [1.54, 1.807) is 12.1 Å². The Morgan fingerprint density at radius 1 is 1.00 bits per heavy atom. The number of hydrogen-bond donors (Lipinski definition) is 2. The van der Waals surface area contributed by atoms with Crippen LogP contribution in [-0.2, 0) is 27.7 Å². The van der Waals surface area contributed by atoms with Crippen molar-refractivity contribution in [3.05, 3.63) is 41.1 Å². The van der Waals surface area contributed by atoms with E-state index >= 15 is 0 Å². The van der Waals surface area contributed by atoms with Gasteiger partial charge in [-0.3, -0.25) is 4.79 Å². The number of aromatic nitrogens is 1. The maximum Gasteiger partial charge on any atom is 0.402 e. The number of nitrogens with one attached hydrogen (secondary N) is 2. The number of benzene rings is 1. The minimum Gasteiger partial charge on any atom is -0.381 e. The summed E-state index contributed by atoms with van der Waals surface area (Å²) in [6.45, 7) is 11.9. The zero-order valence-corrected chi connectivity index (χ0v) is 25.7. The van der Waals surface area contributed by atoms with Crippen molar-refractivity contribution >= 4 is 16.9 Å². The molecule has 13 heteroatoms. The van der Waals surface area contributed by atoms with Crippen LogP contribution >= 0.6 is 0 Å². The molecule has 1 aromatic heterocycles. The van der Waals surface area contributed by atoms with Crippen molar-refractivity contribution in [1.29, 1.82) is 0 Å². The predicted molar refractivity (Wildman–Crippen MR) is 150 cm³/mol. The van der Waals surface area contributed by atoms with Crippen LogP contribution in [-0.4, -0.2) is 51.8 Å². The number of nitrogens with zero attached hydrogens (tertiary/aromatic N) is 1. The summed E-state index contributed by atoms with van der Waals surface area (Å²) in [7, 11) is -1.65. The molecule has 1 aliphatic heterocycles. The Hall–Kier alpha value is -2.38. The molecule has 2 heterocycles. The molecule has 0 aliphatic carbocycles. The van der Waals surface area contributed by atoms with Gasteiger partial charge in [-0.05, 0) is 75.3 Å². The molecule has 2 aromatic rings. The van der Waals surface area contributed by atoms with Crippen LogP contribution in [0.3, 0.4) is 0 Å². The minimum atomic E-state index is -5.56. The van der Waals surface area contributed by atoms with Crippen molar-refractivity contribution in [3.63, 3.8) is 0 Å². The maximum absolute atomic E-state index is 13.7. The van der Waals surface area contributed by atoms with Crippen molar-refractivity contribution in [1.82, 2.24) is 14.6 Å². The number of alkyl halides is 6. The van der Waals surface area contributed by atoms with Gasteiger partial charge >= 0.3 is 12.4 Å². The highest BCUT2D eigenvalue weighted by molar-refractivity contribution is 7.83. The van der Waals surface area contributed by atoms with Crippen LogP contribution in [0.15, 0.2) is 29.2 Å². The molecule has 1 atom stereocenters. The minimum absolute atomic E-state index is 0.0149. The fraction of sp³-hybridized carbons (Fsp3) is 0.621. The van der Waals surface area contributed by atoms with E-state index in [1.165, 1.54) is 19.1 Å². The van der Waals surface area contributed by atoms with Crippen LogP contribution in [0.4, 0.5) is 26.3 Å². The van der Waals surface area contributed by atoms with E-state index in [2.05, 4.69) is 10.0 Å². The summed E-state index contributed by atoms with van der Waals surface area (Å²) >= 11 is 0. The first-order valence-corrected chi connectivity index (χ1v) is 14.8. The maximum atomic E-state index is 13.7. The normalized spacial score (nSPS) is 16.6. The summed E-state index contributed by atoms with van der Waals surface area (Å²) in [5.41, 5.74) is -0.205. The van der Waals surface area contributed by atoms with Gasteiger partial charge in [-0.1, -0.05) is 26.8 Å². The average Bonchev–Trinajstić information content (AvgIpc) is 3.15. The van der Waals surface area contributed by atoms with Crippen LogP contribution in [0.5, 0.6) is 0 Å². The van der Waals surface area contributed by atoms with Gasteiger partial charge in [-0.2, -0.15) is 26.3 Å². The number of ether oxygens (including phenoxy) is 1. The highest BCUT2D eigenvalue weighted by Crippen LogP contribution is 2.42. The zero-order chi connectivity index (χ0) is 31.8. The molecule has 0 radical (unpaired) electrons. The van der Waals surface area contributed by atoms with Gasteiger partial charge in [-0.15, -0.1) is 0 Å². The molecule has 42 heavy (non-hydrogen) atoms. The Morgan fingerprint density at radius 3 is 2.07 bits per heavy atom. The topological polar surface area (TPSA) is 72.4 Å². The Bertz CT molecular complexity index is 1290. The number of rotatable bonds is 7. The molecule has 0 bridgehead atoms. The van der Waals surface area contributed by atoms with Gasteiger partial charge in [0.15, 0.2) is 5.92 Å². The molecule has 1 unspecified atom stereocenters. The van der Waals surface area contributed by atoms with Gasteiger partial charge in [0.05, 0.1) is 10.5 Å². The molecule has 1 amide bonds. The lowest BCUT2D eigenvalue weighted by atomic mass is 9.85. The van der Waals surface area contributed by atoms with Gasteiger partial charge in [0.25, 0.3) is 5.91 Å². The third-order valence-corrected chi connectivity index (χ3v) is 8.56. The highest BCUT2D eigenvalue weighted by Gasteiger charge is 2.57. The molecule has 2 N–H and O–H groups in total. The fourth-order valence-corrected chi connectivity index (χ4v) is 6.22. The number of amides is 1. The first-order chi connectivity index (χ1) is 19.1.